The standard InChI is InChI=1S/C18H21NO/c1-13-7-9-15(10-8-13)18(2,20)17-16-6-4-3-5-14(16)11-12-19-17/h3-10,17,19-20H,11-12H2,1-2H3. The topological polar surface area (TPSA) is 32.3 Å². The van der Waals surface area contributed by atoms with Crippen LogP contribution in [0.25, 0.3) is 0 Å². The van der Waals surface area contributed by atoms with E-state index >= 15 is 0 Å². The molecular weight excluding hydrogens is 246 g/mol. The van der Waals surface area contributed by atoms with Crippen molar-refractivity contribution in [1.29, 1.82) is 0 Å². The molecule has 2 N–H and O–H groups in total. The molecule has 0 fully saturated rings. The van der Waals surface area contributed by atoms with Crippen LogP contribution in [0.5, 0.6) is 0 Å². The van der Waals surface area contributed by atoms with E-state index in [1.807, 2.05) is 25.1 Å². The molecule has 0 spiro atoms. The van der Waals surface area contributed by atoms with Crippen LogP contribution in [0.1, 0.15) is 35.2 Å². The van der Waals surface area contributed by atoms with Gasteiger partial charge in [-0.05, 0) is 43.5 Å². The van der Waals surface area contributed by atoms with Gasteiger partial charge in [0.2, 0.25) is 0 Å². The van der Waals surface area contributed by atoms with E-state index in [1.165, 1.54) is 16.7 Å². The van der Waals surface area contributed by atoms with Crippen LogP contribution in [-0.2, 0) is 12.0 Å². The van der Waals surface area contributed by atoms with Gasteiger partial charge in [-0.1, -0.05) is 54.1 Å². The number of aliphatic hydroxyl groups is 1. The minimum absolute atomic E-state index is 0.0600. The van der Waals surface area contributed by atoms with Gasteiger partial charge >= 0.3 is 0 Å². The molecule has 0 saturated carbocycles. The Kier molecular flexibility index (Phi) is 3.36. The first-order valence-electron chi connectivity index (χ1n) is 7.20. The molecule has 2 nitrogen and oxygen atoms in total. The summed E-state index contributed by atoms with van der Waals surface area (Å²) >= 11 is 0. The van der Waals surface area contributed by atoms with E-state index in [0.29, 0.717) is 0 Å². The molecule has 3 rings (SSSR count). The second kappa shape index (κ2) is 5.04. The van der Waals surface area contributed by atoms with Crippen LogP contribution in [0.3, 0.4) is 0 Å². The molecule has 2 heteroatoms. The zero-order valence-electron chi connectivity index (χ0n) is 12.1. The second-order valence-electron chi connectivity index (χ2n) is 5.85. The Morgan fingerprint density at radius 3 is 2.55 bits per heavy atom. The summed E-state index contributed by atoms with van der Waals surface area (Å²) < 4.78 is 0. The van der Waals surface area contributed by atoms with Gasteiger partial charge < -0.3 is 10.4 Å². The maximum absolute atomic E-state index is 11.1. The van der Waals surface area contributed by atoms with Crippen molar-refractivity contribution in [3.05, 3.63) is 70.8 Å². The van der Waals surface area contributed by atoms with Crippen LogP contribution in [0.2, 0.25) is 0 Å². The molecular formula is C18H21NO. The van der Waals surface area contributed by atoms with Gasteiger partial charge in [-0.3, -0.25) is 0 Å². The number of nitrogens with one attached hydrogen (secondary N) is 1. The molecule has 1 aliphatic rings. The maximum Gasteiger partial charge on any atom is 0.106 e. The molecule has 20 heavy (non-hydrogen) atoms. The smallest absolute Gasteiger partial charge is 0.106 e. The Morgan fingerprint density at radius 1 is 1.10 bits per heavy atom. The van der Waals surface area contributed by atoms with Crippen molar-refractivity contribution in [3.8, 4) is 0 Å². The lowest BCUT2D eigenvalue weighted by Gasteiger charge is -2.38. The van der Waals surface area contributed by atoms with Crippen LogP contribution in [0.15, 0.2) is 48.5 Å². The summed E-state index contributed by atoms with van der Waals surface area (Å²) in [6.45, 7) is 4.87. The van der Waals surface area contributed by atoms with Crippen molar-refractivity contribution >= 4 is 0 Å². The van der Waals surface area contributed by atoms with Crippen molar-refractivity contribution in [2.45, 2.75) is 31.9 Å². The average molecular weight is 267 g/mol. The monoisotopic (exact) mass is 267 g/mol. The van der Waals surface area contributed by atoms with E-state index in [2.05, 4.69) is 42.6 Å². The maximum atomic E-state index is 11.1. The lowest BCUT2D eigenvalue weighted by molar-refractivity contribution is 0.0118. The molecule has 1 aliphatic heterocycles. The van der Waals surface area contributed by atoms with Gasteiger partial charge in [-0.25, -0.2) is 0 Å². The molecule has 2 atom stereocenters. The summed E-state index contributed by atoms with van der Waals surface area (Å²) in [7, 11) is 0. The van der Waals surface area contributed by atoms with Crippen LogP contribution in [-0.4, -0.2) is 11.7 Å². The number of fused-ring (bicyclic) bond motifs is 1. The van der Waals surface area contributed by atoms with E-state index < -0.39 is 5.60 Å². The number of aryl methyl sites for hydroxylation is 1. The summed E-state index contributed by atoms with van der Waals surface area (Å²) in [5, 5.41) is 14.6. The van der Waals surface area contributed by atoms with Crippen molar-refractivity contribution in [2.24, 2.45) is 0 Å². The summed E-state index contributed by atoms with van der Waals surface area (Å²) in [4.78, 5) is 0. The lowest BCUT2D eigenvalue weighted by atomic mass is 9.80. The fourth-order valence-corrected chi connectivity index (χ4v) is 3.06. The molecule has 0 radical (unpaired) electrons. The number of hydrogen-bond donors (Lipinski definition) is 2. The largest absolute Gasteiger partial charge is 0.383 e. The third-order valence-electron chi connectivity index (χ3n) is 4.31. The van der Waals surface area contributed by atoms with Crippen LogP contribution >= 0.6 is 0 Å². The third kappa shape index (κ3) is 2.26. The van der Waals surface area contributed by atoms with Gasteiger partial charge in [0, 0.05) is 0 Å². The SMILES string of the molecule is Cc1ccc(C(C)(O)C2NCCc3ccccc32)cc1. The average Bonchev–Trinajstić information content (AvgIpc) is 2.47. The molecule has 2 aromatic carbocycles. The lowest BCUT2D eigenvalue weighted by Crippen LogP contribution is -2.43. The number of rotatable bonds is 2. The zero-order chi connectivity index (χ0) is 14.2. The van der Waals surface area contributed by atoms with Crippen LogP contribution < -0.4 is 5.32 Å². The normalized spacial score (nSPS) is 21.1. The highest BCUT2D eigenvalue weighted by molar-refractivity contribution is 5.37. The quantitative estimate of drug-likeness (QED) is 0.876. The first-order chi connectivity index (χ1) is 9.59. The summed E-state index contributed by atoms with van der Waals surface area (Å²) in [5.74, 6) is 0. The minimum Gasteiger partial charge on any atom is -0.383 e. The molecule has 1 heterocycles. The summed E-state index contributed by atoms with van der Waals surface area (Å²) in [6, 6.07) is 16.5. The van der Waals surface area contributed by atoms with E-state index in [1.54, 1.807) is 0 Å². The van der Waals surface area contributed by atoms with Crippen molar-refractivity contribution in [2.75, 3.05) is 6.54 Å². The second-order valence-corrected chi connectivity index (χ2v) is 5.85. The molecule has 0 aromatic heterocycles. The molecule has 0 aliphatic carbocycles. The Hall–Kier alpha value is -1.64. The van der Waals surface area contributed by atoms with Gasteiger partial charge in [0.15, 0.2) is 0 Å². The Bertz CT molecular complexity index is 601. The van der Waals surface area contributed by atoms with Gasteiger partial charge in [0.1, 0.15) is 5.60 Å². The predicted octanol–water partition coefficient (Wildman–Crippen LogP) is 3.09. The van der Waals surface area contributed by atoms with Gasteiger partial charge in [0.25, 0.3) is 0 Å². The Labute approximate surface area is 120 Å². The van der Waals surface area contributed by atoms with Crippen LogP contribution in [0, 0.1) is 6.92 Å². The van der Waals surface area contributed by atoms with E-state index in [9.17, 15) is 5.11 Å². The zero-order valence-corrected chi connectivity index (χ0v) is 12.1. The molecule has 2 aromatic rings. The number of benzene rings is 2. The Balaban J connectivity index is 2.02. The molecule has 0 amide bonds. The molecule has 0 saturated heterocycles. The molecule has 0 bridgehead atoms. The highest BCUT2D eigenvalue weighted by atomic mass is 16.3. The van der Waals surface area contributed by atoms with Crippen molar-refractivity contribution in [1.82, 2.24) is 5.32 Å². The molecule has 104 valence electrons. The van der Waals surface area contributed by atoms with E-state index in [4.69, 9.17) is 0 Å². The van der Waals surface area contributed by atoms with Crippen LogP contribution in [0.4, 0.5) is 0 Å². The third-order valence-corrected chi connectivity index (χ3v) is 4.31. The van der Waals surface area contributed by atoms with Gasteiger partial charge in [-0.2, -0.15) is 0 Å². The first kappa shape index (κ1) is 13.3. The highest BCUT2D eigenvalue weighted by Gasteiger charge is 2.37. The van der Waals surface area contributed by atoms with E-state index in [0.717, 1.165) is 18.5 Å². The van der Waals surface area contributed by atoms with Crippen molar-refractivity contribution < 1.29 is 5.11 Å². The molecule has 2 unspecified atom stereocenters. The first-order valence-corrected chi connectivity index (χ1v) is 7.20. The predicted molar refractivity (Wildman–Crippen MR) is 81.6 cm³/mol. The van der Waals surface area contributed by atoms with Gasteiger partial charge in [0.05, 0.1) is 6.04 Å². The fraction of sp³-hybridized carbons (Fsp3) is 0.333. The fourth-order valence-electron chi connectivity index (χ4n) is 3.06. The number of hydrogen-bond acceptors (Lipinski definition) is 2. The summed E-state index contributed by atoms with van der Waals surface area (Å²) in [5.41, 5.74) is 3.80. The van der Waals surface area contributed by atoms with Gasteiger partial charge in [-0.15, -0.1) is 0 Å². The van der Waals surface area contributed by atoms with E-state index in [-0.39, 0.29) is 6.04 Å². The summed E-state index contributed by atoms with van der Waals surface area (Å²) in [6.07, 6.45) is 1.02. The highest BCUT2D eigenvalue weighted by Crippen LogP contribution is 2.38. The van der Waals surface area contributed by atoms with Crippen molar-refractivity contribution in [3.63, 3.8) is 0 Å². The Morgan fingerprint density at radius 2 is 1.80 bits per heavy atom. The minimum atomic E-state index is -0.912.